The van der Waals surface area contributed by atoms with Gasteiger partial charge in [0, 0.05) is 18.6 Å². The van der Waals surface area contributed by atoms with Gasteiger partial charge in [0.05, 0.1) is 16.6 Å². The number of nitriles is 1. The summed E-state index contributed by atoms with van der Waals surface area (Å²) in [6.45, 7) is 0. The van der Waals surface area contributed by atoms with Gasteiger partial charge < -0.3 is 0 Å². The maximum atomic E-state index is 8.88. The Bertz CT molecular complexity index is 729. The van der Waals surface area contributed by atoms with Crippen LogP contribution in [0.4, 0.5) is 0 Å². The molecule has 5 nitrogen and oxygen atoms in total. The minimum atomic E-state index is 0.448. The highest BCUT2D eigenvalue weighted by Crippen LogP contribution is 2.16. The Hall–Kier alpha value is -2.61. The number of fused-ring (bicyclic) bond motifs is 2. The van der Waals surface area contributed by atoms with Crippen LogP contribution in [0.15, 0.2) is 30.7 Å². The Morgan fingerprint density at radius 1 is 1.06 bits per heavy atom. The first-order valence-corrected chi connectivity index (χ1v) is 4.65. The molecule has 3 aromatic heterocycles. The predicted octanol–water partition coefficient (Wildman–Crippen LogP) is 1.44. The molecule has 3 rings (SSSR count). The van der Waals surface area contributed by atoms with Crippen LogP contribution in [0.3, 0.4) is 0 Å². The molecular weight excluding hydrogens is 202 g/mol. The number of hydrogen-bond acceptors (Lipinski definition) is 5. The van der Waals surface area contributed by atoms with E-state index in [1.54, 1.807) is 24.5 Å². The molecule has 0 fully saturated rings. The van der Waals surface area contributed by atoms with E-state index in [2.05, 4.69) is 19.9 Å². The molecule has 0 N–H and O–H groups in total. The standard InChI is InChI=1S/C11H5N5/c12-5-7-6-14-11-10(7)15-8-1-3-13-4-2-9(8)16-11/h1-4,6H. The van der Waals surface area contributed by atoms with Crippen molar-refractivity contribution in [1.82, 2.24) is 19.9 Å². The average molecular weight is 207 g/mol. The lowest BCUT2D eigenvalue weighted by Crippen LogP contribution is -1.84. The topological polar surface area (TPSA) is 75.3 Å². The second-order valence-electron chi connectivity index (χ2n) is 3.23. The first kappa shape index (κ1) is 8.68. The van der Waals surface area contributed by atoms with E-state index in [0.29, 0.717) is 27.8 Å². The van der Waals surface area contributed by atoms with Crippen molar-refractivity contribution in [2.75, 3.05) is 0 Å². The quantitative estimate of drug-likeness (QED) is 0.557. The molecule has 5 heteroatoms. The minimum absolute atomic E-state index is 0.448. The lowest BCUT2D eigenvalue weighted by Gasteiger charge is -1.91. The summed E-state index contributed by atoms with van der Waals surface area (Å²) in [5, 5.41) is 8.88. The molecule has 3 heterocycles. The van der Waals surface area contributed by atoms with Gasteiger partial charge in [-0.25, -0.2) is 15.0 Å². The van der Waals surface area contributed by atoms with Gasteiger partial charge in [-0.2, -0.15) is 5.26 Å². The third kappa shape index (κ3) is 1.17. The number of hydrogen-bond donors (Lipinski definition) is 0. The molecule has 0 aliphatic heterocycles. The molecule has 0 bridgehead atoms. The summed E-state index contributed by atoms with van der Waals surface area (Å²) in [7, 11) is 0. The van der Waals surface area contributed by atoms with Crippen LogP contribution in [0.5, 0.6) is 0 Å². The van der Waals surface area contributed by atoms with Crippen molar-refractivity contribution in [2.45, 2.75) is 0 Å². The molecule has 0 saturated carbocycles. The van der Waals surface area contributed by atoms with Gasteiger partial charge in [-0.1, -0.05) is 0 Å². The Labute approximate surface area is 90.4 Å². The highest BCUT2D eigenvalue weighted by Gasteiger charge is 2.07. The minimum Gasteiger partial charge on any atom is -0.265 e. The zero-order chi connectivity index (χ0) is 11.0. The lowest BCUT2D eigenvalue weighted by molar-refractivity contribution is 1.34. The second kappa shape index (κ2) is 3.21. The van der Waals surface area contributed by atoms with Crippen LogP contribution in [0.25, 0.3) is 22.2 Å². The average Bonchev–Trinajstić information content (AvgIpc) is 2.55. The van der Waals surface area contributed by atoms with E-state index in [1.165, 1.54) is 6.20 Å². The van der Waals surface area contributed by atoms with Crippen molar-refractivity contribution >= 4 is 22.2 Å². The smallest absolute Gasteiger partial charge is 0.180 e. The zero-order valence-corrected chi connectivity index (χ0v) is 8.12. The molecule has 0 aliphatic rings. The van der Waals surface area contributed by atoms with Gasteiger partial charge in [0.25, 0.3) is 0 Å². The van der Waals surface area contributed by atoms with Crippen molar-refractivity contribution in [2.24, 2.45) is 0 Å². The highest BCUT2D eigenvalue weighted by molar-refractivity contribution is 5.87. The second-order valence-corrected chi connectivity index (χ2v) is 3.23. The van der Waals surface area contributed by atoms with E-state index in [9.17, 15) is 0 Å². The maximum absolute atomic E-state index is 8.88. The summed E-state index contributed by atoms with van der Waals surface area (Å²) in [6, 6.07) is 5.57. The molecule has 3 aromatic rings. The molecule has 0 amide bonds. The van der Waals surface area contributed by atoms with Crippen molar-refractivity contribution in [3.63, 3.8) is 0 Å². The van der Waals surface area contributed by atoms with Gasteiger partial charge in [0.15, 0.2) is 5.65 Å². The monoisotopic (exact) mass is 207 g/mol. The van der Waals surface area contributed by atoms with Gasteiger partial charge in [-0.15, -0.1) is 0 Å². The first-order valence-electron chi connectivity index (χ1n) is 4.65. The molecule has 0 radical (unpaired) electrons. The molecule has 0 atom stereocenters. The van der Waals surface area contributed by atoms with E-state index >= 15 is 0 Å². The summed E-state index contributed by atoms with van der Waals surface area (Å²) < 4.78 is 0. The van der Waals surface area contributed by atoms with Crippen molar-refractivity contribution in [3.05, 3.63) is 36.3 Å². The third-order valence-corrected chi connectivity index (χ3v) is 2.26. The van der Waals surface area contributed by atoms with Crippen LogP contribution in [0.2, 0.25) is 0 Å². The number of nitrogens with zero attached hydrogens (tertiary/aromatic N) is 5. The predicted molar refractivity (Wildman–Crippen MR) is 57.3 cm³/mol. The normalized spacial score (nSPS) is 10.4. The Morgan fingerprint density at radius 2 is 1.81 bits per heavy atom. The van der Waals surface area contributed by atoms with Crippen LogP contribution in [-0.2, 0) is 0 Å². The summed E-state index contributed by atoms with van der Waals surface area (Å²) in [6.07, 6.45) is 4.78. The summed E-state index contributed by atoms with van der Waals surface area (Å²) >= 11 is 0. The molecule has 0 aromatic carbocycles. The fourth-order valence-corrected chi connectivity index (χ4v) is 1.51. The first-order chi connectivity index (χ1) is 7.88. The SMILES string of the molecule is N#Cc1cnc2nc3ccnccc3nc12. The van der Waals surface area contributed by atoms with E-state index in [1.807, 2.05) is 6.07 Å². The van der Waals surface area contributed by atoms with E-state index in [0.717, 1.165) is 0 Å². The van der Waals surface area contributed by atoms with E-state index < -0.39 is 0 Å². The fraction of sp³-hybridized carbons (Fsp3) is 0. The van der Waals surface area contributed by atoms with Gasteiger partial charge in [0.1, 0.15) is 11.6 Å². The largest absolute Gasteiger partial charge is 0.265 e. The maximum Gasteiger partial charge on any atom is 0.180 e. The molecule has 0 aliphatic carbocycles. The fourth-order valence-electron chi connectivity index (χ4n) is 1.51. The zero-order valence-electron chi connectivity index (χ0n) is 8.12. The molecule has 0 saturated heterocycles. The van der Waals surface area contributed by atoms with Crippen molar-refractivity contribution in [3.8, 4) is 6.07 Å². The number of aromatic nitrogens is 4. The molecule has 74 valence electrons. The van der Waals surface area contributed by atoms with Crippen LogP contribution >= 0.6 is 0 Å². The Balaban J connectivity index is 2.51. The van der Waals surface area contributed by atoms with E-state index in [-0.39, 0.29) is 0 Å². The highest BCUT2D eigenvalue weighted by atomic mass is 14.9. The van der Waals surface area contributed by atoms with E-state index in [4.69, 9.17) is 5.26 Å². The summed E-state index contributed by atoms with van der Waals surface area (Å²) in [5.41, 5.74) is 2.91. The number of rotatable bonds is 0. The van der Waals surface area contributed by atoms with Crippen LogP contribution in [0, 0.1) is 11.3 Å². The van der Waals surface area contributed by atoms with Gasteiger partial charge in [-0.3, -0.25) is 4.98 Å². The summed E-state index contributed by atoms with van der Waals surface area (Å²) in [4.78, 5) is 16.7. The van der Waals surface area contributed by atoms with Crippen molar-refractivity contribution in [1.29, 1.82) is 5.26 Å². The van der Waals surface area contributed by atoms with Crippen molar-refractivity contribution < 1.29 is 0 Å². The molecule has 0 unspecified atom stereocenters. The van der Waals surface area contributed by atoms with Gasteiger partial charge in [0.2, 0.25) is 0 Å². The molecular formula is C11H5N5. The molecule has 16 heavy (non-hydrogen) atoms. The lowest BCUT2D eigenvalue weighted by atomic mass is 10.3. The Morgan fingerprint density at radius 3 is 2.56 bits per heavy atom. The Kier molecular flexibility index (Phi) is 1.74. The van der Waals surface area contributed by atoms with Gasteiger partial charge >= 0.3 is 0 Å². The summed E-state index contributed by atoms with van der Waals surface area (Å²) in [5.74, 6) is 0. The van der Waals surface area contributed by atoms with Crippen LogP contribution < -0.4 is 0 Å². The van der Waals surface area contributed by atoms with Gasteiger partial charge in [-0.05, 0) is 12.1 Å². The third-order valence-electron chi connectivity index (χ3n) is 2.26. The van der Waals surface area contributed by atoms with Crippen LogP contribution in [-0.4, -0.2) is 19.9 Å². The molecule has 0 spiro atoms. The van der Waals surface area contributed by atoms with Crippen LogP contribution in [0.1, 0.15) is 5.56 Å².